The number of hydrogen-bond acceptors (Lipinski definition) is 3. The Morgan fingerprint density at radius 3 is 2.88 bits per heavy atom. The Morgan fingerprint density at radius 1 is 1.35 bits per heavy atom. The number of aromatic nitrogens is 3. The lowest BCUT2D eigenvalue weighted by atomic mass is 10.2. The number of hydrogen-bond donors (Lipinski definition) is 1. The molecule has 0 unspecified atom stereocenters. The van der Waals surface area contributed by atoms with Gasteiger partial charge in [-0.1, -0.05) is 0 Å². The lowest BCUT2D eigenvalue weighted by Crippen LogP contribution is -2.28. The molecule has 88 valence electrons. The summed E-state index contributed by atoms with van der Waals surface area (Å²) in [5, 5.41) is 6.24. The van der Waals surface area contributed by atoms with Crippen molar-refractivity contribution in [2.24, 2.45) is 0 Å². The molecule has 1 N–H and O–H groups in total. The molecule has 2 aromatic heterocycles. The molecule has 6 heteroatoms. The van der Waals surface area contributed by atoms with Crippen LogP contribution >= 0.6 is 0 Å². The first-order valence-corrected chi connectivity index (χ1v) is 5.62. The van der Waals surface area contributed by atoms with E-state index in [1.165, 1.54) is 4.40 Å². The molecule has 6 nitrogen and oxygen atoms in total. The van der Waals surface area contributed by atoms with Gasteiger partial charge in [-0.2, -0.15) is 5.10 Å². The van der Waals surface area contributed by atoms with Crippen molar-refractivity contribution in [2.75, 3.05) is 13.1 Å². The zero-order chi connectivity index (χ0) is 11.8. The molecule has 1 amide bonds. The van der Waals surface area contributed by atoms with Gasteiger partial charge in [0.2, 0.25) is 0 Å². The Labute approximate surface area is 96.9 Å². The summed E-state index contributed by atoms with van der Waals surface area (Å²) in [6, 6.07) is 3.39. The monoisotopic (exact) mass is 232 g/mol. The number of pyridine rings is 1. The van der Waals surface area contributed by atoms with Crippen molar-refractivity contribution in [1.82, 2.24) is 19.5 Å². The van der Waals surface area contributed by atoms with Gasteiger partial charge in [0.05, 0.1) is 5.56 Å². The van der Waals surface area contributed by atoms with Crippen molar-refractivity contribution in [3.05, 3.63) is 34.4 Å². The van der Waals surface area contributed by atoms with Crippen LogP contribution in [-0.4, -0.2) is 38.5 Å². The highest BCUT2D eigenvalue weighted by atomic mass is 16.2. The first-order chi connectivity index (χ1) is 8.27. The van der Waals surface area contributed by atoms with Gasteiger partial charge in [0, 0.05) is 19.3 Å². The third kappa shape index (κ3) is 1.52. The number of carbonyl (C=O) groups is 1. The number of H-pyrrole nitrogens is 1. The number of nitrogens with zero attached hydrogens (tertiary/aromatic N) is 3. The van der Waals surface area contributed by atoms with Crippen molar-refractivity contribution in [3.63, 3.8) is 0 Å². The van der Waals surface area contributed by atoms with Gasteiger partial charge in [0.25, 0.3) is 5.91 Å². The van der Waals surface area contributed by atoms with Crippen LogP contribution in [0.15, 0.2) is 23.1 Å². The minimum absolute atomic E-state index is 0.0490. The van der Waals surface area contributed by atoms with Gasteiger partial charge in [0.15, 0.2) is 5.65 Å². The Bertz CT molecular complexity index is 622. The highest BCUT2D eigenvalue weighted by Gasteiger charge is 2.22. The van der Waals surface area contributed by atoms with Crippen LogP contribution in [0, 0.1) is 0 Å². The summed E-state index contributed by atoms with van der Waals surface area (Å²) in [6.45, 7) is 1.57. The fourth-order valence-electron chi connectivity index (χ4n) is 2.19. The molecule has 1 fully saturated rings. The topological polar surface area (TPSA) is 70.5 Å². The highest BCUT2D eigenvalue weighted by molar-refractivity contribution is 5.99. The van der Waals surface area contributed by atoms with Crippen LogP contribution in [0.3, 0.4) is 0 Å². The molecule has 1 saturated heterocycles. The summed E-state index contributed by atoms with van der Waals surface area (Å²) in [7, 11) is 0. The second-order valence-electron chi connectivity index (χ2n) is 4.14. The summed E-state index contributed by atoms with van der Waals surface area (Å²) in [5.41, 5.74) is 0.554. The van der Waals surface area contributed by atoms with Crippen LogP contribution in [0.5, 0.6) is 0 Å². The van der Waals surface area contributed by atoms with Crippen molar-refractivity contribution in [1.29, 1.82) is 0 Å². The molecule has 0 aromatic carbocycles. The number of amides is 1. The largest absolute Gasteiger partial charge is 0.347 e. The predicted octanol–water partition coefficient (Wildman–Crippen LogP) is 0.259. The first kappa shape index (κ1) is 10.1. The molecule has 2 aromatic rings. The molecular weight excluding hydrogens is 220 g/mol. The van der Waals surface area contributed by atoms with Gasteiger partial charge in [-0.05, 0) is 25.0 Å². The van der Waals surface area contributed by atoms with E-state index in [4.69, 9.17) is 0 Å². The second kappa shape index (κ2) is 3.73. The third-order valence-electron chi connectivity index (χ3n) is 3.07. The van der Waals surface area contributed by atoms with E-state index in [9.17, 15) is 9.59 Å². The standard InChI is InChI=1S/C11H12N4O2/c16-10(14-5-1-2-6-14)8-4-3-7-15-9(8)12-13-11(15)17/h3-4,7H,1-2,5-6H2,(H,13,17). The van der Waals surface area contributed by atoms with Crippen LogP contribution < -0.4 is 5.69 Å². The Balaban J connectivity index is 2.10. The van der Waals surface area contributed by atoms with E-state index >= 15 is 0 Å². The number of rotatable bonds is 1. The number of aromatic amines is 1. The smallest absolute Gasteiger partial charge is 0.339 e. The maximum Gasteiger partial charge on any atom is 0.347 e. The molecule has 17 heavy (non-hydrogen) atoms. The van der Waals surface area contributed by atoms with Gasteiger partial charge in [-0.25, -0.2) is 14.3 Å². The van der Waals surface area contributed by atoms with Crippen LogP contribution in [0.2, 0.25) is 0 Å². The van der Waals surface area contributed by atoms with Crippen molar-refractivity contribution < 1.29 is 4.79 Å². The molecule has 1 aliphatic heterocycles. The van der Waals surface area contributed by atoms with Crippen molar-refractivity contribution in [2.45, 2.75) is 12.8 Å². The SMILES string of the molecule is O=C(c1cccn2c(=O)[nH]nc12)N1CCCC1. The number of nitrogens with one attached hydrogen (secondary N) is 1. The van der Waals surface area contributed by atoms with E-state index in [2.05, 4.69) is 10.2 Å². The van der Waals surface area contributed by atoms with Gasteiger partial charge in [-0.15, -0.1) is 0 Å². The number of likely N-dealkylation sites (tertiary alicyclic amines) is 1. The van der Waals surface area contributed by atoms with Crippen LogP contribution in [0.1, 0.15) is 23.2 Å². The fraction of sp³-hybridized carbons (Fsp3) is 0.364. The van der Waals surface area contributed by atoms with Gasteiger partial charge in [-0.3, -0.25) is 4.79 Å². The first-order valence-electron chi connectivity index (χ1n) is 5.62. The summed E-state index contributed by atoms with van der Waals surface area (Å²) in [6.07, 6.45) is 3.69. The summed E-state index contributed by atoms with van der Waals surface area (Å²) < 4.78 is 1.35. The van der Waals surface area contributed by atoms with Gasteiger partial charge in [0.1, 0.15) is 0 Å². The van der Waals surface area contributed by atoms with E-state index < -0.39 is 0 Å². The Hall–Kier alpha value is -2.11. The van der Waals surface area contributed by atoms with Crippen LogP contribution in [-0.2, 0) is 0 Å². The third-order valence-corrected chi connectivity index (χ3v) is 3.07. The molecule has 0 bridgehead atoms. The van der Waals surface area contributed by atoms with E-state index in [1.54, 1.807) is 23.2 Å². The molecule has 0 saturated carbocycles. The molecule has 1 aliphatic rings. The summed E-state index contributed by atoms with van der Waals surface area (Å²) in [4.78, 5) is 25.4. The minimum Gasteiger partial charge on any atom is -0.339 e. The lowest BCUT2D eigenvalue weighted by molar-refractivity contribution is 0.0794. The van der Waals surface area contributed by atoms with Gasteiger partial charge >= 0.3 is 5.69 Å². The average molecular weight is 232 g/mol. The molecule has 0 atom stereocenters. The summed E-state index contributed by atoms with van der Waals surface area (Å²) >= 11 is 0. The maximum atomic E-state index is 12.2. The van der Waals surface area contributed by atoms with Crippen LogP contribution in [0.25, 0.3) is 5.65 Å². The molecular formula is C11H12N4O2. The van der Waals surface area contributed by atoms with E-state index in [1.807, 2.05) is 0 Å². The highest BCUT2D eigenvalue weighted by Crippen LogP contribution is 2.14. The normalized spacial score (nSPS) is 15.6. The van der Waals surface area contributed by atoms with E-state index in [0.29, 0.717) is 11.2 Å². The lowest BCUT2D eigenvalue weighted by Gasteiger charge is -2.14. The quantitative estimate of drug-likeness (QED) is 0.766. The van der Waals surface area contributed by atoms with Gasteiger partial charge < -0.3 is 4.90 Å². The van der Waals surface area contributed by atoms with Crippen LogP contribution in [0.4, 0.5) is 0 Å². The Morgan fingerprint density at radius 2 is 2.12 bits per heavy atom. The minimum atomic E-state index is -0.323. The zero-order valence-corrected chi connectivity index (χ0v) is 9.22. The van der Waals surface area contributed by atoms with E-state index in [-0.39, 0.29) is 11.6 Å². The predicted molar refractivity (Wildman–Crippen MR) is 61.0 cm³/mol. The molecule has 3 heterocycles. The molecule has 0 aliphatic carbocycles. The average Bonchev–Trinajstić information content (AvgIpc) is 2.98. The number of fused-ring (bicyclic) bond motifs is 1. The molecule has 0 spiro atoms. The fourth-order valence-corrected chi connectivity index (χ4v) is 2.19. The molecule has 0 radical (unpaired) electrons. The Kier molecular flexibility index (Phi) is 2.21. The maximum absolute atomic E-state index is 12.2. The van der Waals surface area contributed by atoms with Crippen molar-refractivity contribution >= 4 is 11.6 Å². The number of carbonyl (C=O) groups excluding carboxylic acids is 1. The van der Waals surface area contributed by atoms with Crippen molar-refractivity contribution in [3.8, 4) is 0 Å². The van der Waals surface area contributed by atoms with E-state index in [0.717, 1.165) is 25.9 Å². The zero-order valence-electron chi connectivity index (χ0n) is 9.22. The molecule has 3 rings (SSSR count). The summed E-state index contributed by atoms with van der Waals surface area (Å²) in [5.74, 6) is -0.0490. The second-order valence-corrected chi connectivity index (χ2v) is 4.14.